The maximum Gasteiger partial charge on any atom is 0.305 e. The Morgan fingerprint density at radius 3 is 2.47 bits per heavy atom. The van der Waals surface area contributed by atoms with E-state index in [0.29, 0.717) is 11.3 Å². The number of nitrogens with two attached hydrogens (primary N) is 1. The predicted molar refractivity (Wildman–Crippen MR) is 71.6 cm³/mol. The van der Waals surface area contributed by atoms with Crippen LogP contribution < -0.4 is 10.5 Å². The van der Waals surface area contributed by atoms with Gasteiger partial charge in [-0.05, 0) is 29.7 Å². The van der Waals surface area contributed by atoms with Gasteiger partial charge >= 0.3 is 5.97 Å². The van der Waals surface area contributed by atoms with E-state index in [2.05, 4.69) is 0 Å². The minimum atomic E-state index is -1.08. The van der Waals surface area contributed by atoms with Gasteiger partial charge in [0.25, 0.3) is 0 Å². The third-order valence-electron chi connectivity index (χ3n) is 2.87. The number of carboxylic acids is 1. The van der Waals surface area contributed by atoms with Crippen molar-refractivity contribution in [3.8, 4) is 5.75 Å². The minimum Gasteiger partial charge on any atom is -0.496 e. The van der Waals surface area contributed by atoms with Gasteiger partial charge in [-0.1, -0.05) is 13.8 Å². The predicted octanol–water partition coefficient (Wildman–Crippen LogP) is 1.80. The number of Topliss-reactive ketones (excluding diaryl/α,β-unsaturated/α-hetero) is 1. The molecule has 5 heteroatoms. The lowest BCUT2D eigenvalue weighted by Gasteiger charge is -2.14. The number of hydrogen-bond donors (Lipinski definition) is 2. The molecule has 1 unspecified atom stereocenters. The molecule has 0 aliphatic heterocycles. The lowest BCUT2D eigenvalue weighted by Crippen LogP contribution is -2.33. The first-order valence-corrected chi connectivity index (χ1v) is 6.06. The van der Waals surface area contributed by atoms with Gasteiger partial charge in [-0.15, -0.1) is 0 Å². The fraction of sp³-hybridized carbons (Fsp3) is 0.429. The number of carbonyl (C=O) groups is 2. The number of methoxy groups -OCH3 is 1. The molecule has 0 amide bonds. The molecule has 1 rings (SSSR count). The maximum atomic E-state index is 12.0. The molecule has 0 fully saturated rings. The third-order valence-corrected chi connectivity index (χ3v) is 2.87. The van der Waals surface area contributed by atoms with E-state index in [1.54, 1.807) is 25.3 Å². The normalized spacial score (nSPS) is 12.3. The standard InChI is InChI=1S/C14H19NO4/c1-8(2)10-6-9(4-5-12(10)19-3)14(18)11(15)7-13(16)17/h4-6,8,11H,7,15H2,1-3H3,(H,16,17). The molecule has 0 aromatic heterocycles. The van der Waals surface area contributed by atoms with Crippen molar-refractivity contribution in [3.63, 3.8) is 0 Å². The summed E-state index contributed by atoms with van der Waals surface area (Å²) < 4.78 is 5.23. The van der Waals surface area contributed by atoms with Crippen LogP contribution in [0.25, 0.3) is 0 Å². The quantitative estimate of drug-likeness (QED) is 0.765. The molecular weight excluding hydrogens is 246 g/mol. The molecule has 1 aromatic rings. The van der Waals surface area contributed by atoms with Crippen LogP contribution in [0, 0.1) is 0 Å². The van der Waals surface area contributed by atoms with Crippen molar-refractivity contribution in [2.24, 2.45) is 5.73 Å². The second kappa shape index (κ2) is 6.33. The van der Waals surface area contributed by atoms with E-state index < -0.39 is 12.0 Å². The smallest absolute Gasteiger partial charge is 0.305 e. The molecule has 19 heavy (non-hydrogen) atoms. The summed E-state index contributed by atoms with van der Waals surface area (Å²) in [6.45, 7) is 3.98. The Hall–Kier alpha value is -1.88. The molecular formula is C14H19NO4. The number of hydrogen-bond acceptors (Lipinski definition) is 4. The molecule has 3 N–H and O–H groups in total. The second-order valence-electron chi connectivity index (χ2n) is 4.68. The number of benzene rings is 1. The van der Waals surface area contributed by atoms with Crippen LogP contribution in [0.15, 0.2) is 18.2 Å². The monoisotopic (exact) mass is 265 g/mol. The Morgan fingerprint density at radius 2 is 2.00 bits per heavy atom. The molecule has 104 valence electrons. The molecule has 0 saturated heterocycles. The molecule has 0 bridgehead atoms. The van der Waals surface area contributed by atoms with Crippen molar-refractivity contribution in [1.82, 2.24) is 0 Å². The first-order valence-electron chi connectivity index (χ1n) is 6.06. The molecule has 0 saturated carbocycles. The van der Waals surface area contributed by atoms with E-state index in [4.69, 9.17) is 15.6 Å². The highest BCUT2D eigenvalue weighted by Crippen LogP contribution is 2.27. The molecule has 0 aliphatic rings. The van der Waals surface area contributed by atoms with Gasteiger partial charge in [-0.2, -0.15) is 0 Å². The Labute approximate surface area is 112 Å². The zero-order chi connectivity index (χ0) is 14.6. The fourth-order valence-electron chi connectivity index (χ4n) is 1.83. The number of carboxylic acid groups (broad SMARTS) is 1. The molecule has 0 aliphatic carbocycles. The SMILES string of the molecule is COc1ccc(C(=O)C(N)CC(=O)O)cc1C(C)C. The third kappa shape index (κ3) is 3.79. The minimum absolute atomic E-state index is 0.193. The van der Waals surface area contributed by atoms with E-state index in [0.717, 1.165) is 5.56 Å². The van der Waals surface area contributed by atoms with Crippen molar-refractivity contribution in [2.75, 3.05) is 7.11 Å². The van der Waals surface area contributed by atoms with Crippen LogP contribution in [0.4, 0.5) is 0 Å². The van der Waals surface area contributed by atoms with Gasteiger partial charge in [-0.25, -0.2) is 0 Å². The van der Waals surface area contributed by atoms with Crippen molar-refractivity contribution in [1.29, 1.82) is 0 Å². The zero-order valence-electron chi connectivity index (χ0n) is 11.3. The van der Waals surface area contributed by atoms with Crippen molar-refractivity contribution >= 4 is 11.8 Å². The van der Waals surface area contributed by atoms with Crippen molar-refractivity contribution < 1.29 is 19.4 Å². The second-order valence-corrected chi connectivity index (χ2v) is 4.68. The lowest BCUT2D eigenvalue weighted by atomic mass is 9.95. The van der Waals surface area contributed by atoms with Crippen LogP contribution in [-0.2, 0) is 4.79 Å². The summed E-state index contributed by atoms with van der Waals surface area (Å²) in [6, 6.07) is 4.00. The Morgan fingerprint density at radius 1 is 1.37 bits per heavy atom. The van der Waals surface area contributed by atoms with E-state index in [1.165, 1.54) is 0 Å². The number of ketones is 1. The Kier molecular flexibility index (Phi) is 5.06. The molecule has 1 atom stereocenters. The summed E-state index contributed by atoms with van der Waals surface area (Å²) in [5, 5.41) is 8.65. The Bertz CT molecular complexity index is 482. The van der Waals surface area contributed by atoms with Gasteiger partial charge in [0.15, 0.2) is 5.78 Å². The van der Waals surface area contributed by atoms with Crippen LogP contribution in [0.3, 0.4) is 0 Å². The summed E-state index contributed by atoms with van der Waals surface area (Å²) in [7, 11) is 1.57. The van der Waals surface area contributed by atoms with Gasteiger partial charge in [0.1, 0.15) is 5.75 Å². The van der Waals surface area contributed by atoms with Crippen LogP contribution in [-0.4, -0.2) is 30.0 Å². The van der Waals surface area contributed by atoms with Crippen LogP contribution in [0.2, 0.25) is 0 Å². The highest BCUT2D eigenvalue weighted by Gasteiger charge is 2.20. The zero-order valence-corrected chi connectivity index (χ0v) is 11.3. The number of aliphatic carboxylic acids is 1. The average molecular weight is 265 g/mol. The Balaban J connectivity index is 3.04. The van der Waals surface area contributed by atoms with Gasteiger partial charge in [0, 0.05) is 5.56 Å². The maximum absolute atomic E-state index is 12.0. The van der Waals surface area contributed by atoms with E-state index in [1.807, 2.05) is 13.8 Å². The first-order chi connectivity index (χ1) is 8.86. The number of carbonyl (C=O) groups excluding carboxylic acids is 1. The van der Waals surface area contributed by atoms with E-state index in [-0.39, 0.29) is 18.1 Å². The molecule has 0 radical (unpaired) electrons. The van der Waals surface area contributed by atoms with Gasteiger partial charge in [0.2, 0.25) is 0 Å². The number of rotatable bonds is 6. The summed E-state index contributed by atoms with van der Waals surface area (Å²) in [5.41, 5.74) is 6.90. The van der Waals surface area contributed by atoms with Crippen molar-refractivity contribution in [3.05, 3.63) is 29.3 Å². The van der Waals surface area contributed by atoms with Gasteiger partial charge in [-0.3, -0.25) is 9.59 Å². The topological polar surface area (TPSA) is 89.6 Å². The first kappa shape index (κ1) is 15.2. The van der Waals surface area contributed by atoms with Gasteiger partial charge < -0.3 is 15.6 Å². The van der Waals surface area contributed by atoms with Gasteiger partial charge in [0.05, 0.1) is 19.6 Å². The van der Waals surface area contributed by atoms with E-state index in [9.17, 15) is 9.59 Å². The molecule has 1 aromatic carbocycles. The average Bonchev–Trinajstić information content (AvgIpc) is 2.36. The van der Waals surface area contributed by atoms with Crippen LogP contribution in [0.5, 0.6) is 5.75 Å². The lowest BCUT2D eigenvalue weighted by molar-refractivity contribution is -0.137. The summed E-state index contributed by atoms with van der Waals surface area (Å²) in [6.07, 6.45) is -0.373. The summed E-state index contributed by atoms with van der Waals surface area (Å²) in [5.74, 6) is -0.554. The number of ether oxygens (including phenoxy) is 1. The highest BCUT2D eigenvalue weighted by atomic mass is 16.5. The molecule has 0 spiro atoms. The summed E-state index contributed by atoms with van der Waals surface area (Å²) in [4.78, 5) is 22.6. The largest absolute Gasteiger partial charge is 0.496 e. The molecule has 0 heterocycles. The summed E-state index contributed by atoms with van der Waals surface area (Å²) >= 11 is 0. The fourth-order valence-corrected chi connectivity index (χ4v) is 1.83. The van der Waals surface area contributed by atoms with Crippen molar-refractivity contribution in [2.45, 2.75) is 32.2 Å². The van der Waals surface area contributed by atoms with E-state index >= 15 is 0 Å². The molecule has 5 nitrogen and oxygen atoms in total. The van der Waals surface area contributed by atoms with Crippen LogP contribution in [0.1, 0.15) is 42.1 Å². The van der Waals surface area contributed by atoms with Crippen LogP contribution >= 0.6 is 0 Å². The highest BCUT2D eigenvalue weighted by molar-refractivity contribution is 6.01.